The molecule has 0 fully saturated rings. The molecule has 2 rings (SSSR count). The van der Waals surface area contributed by atoms with Crippen molar-refractivity contribution in [2.45, 2.75) is 19.8 Å². The number of aromatic nitrogens is 1. The fraction of sp³-hybridized carbons (Fsp3) is 0.286. The first-order chi connectivity index (χ1) is 10.1. The summed E-state index contributed by atoms with van der Waals surface area (Å²) in [6.07, 6.45) is 1.50. The first-order valence-electron chi connectivity index (χ1n) is 6.62. The number of nitrogens with zero attached hydrogens (tertiary/aromatic N) is 1. The van der Waals surface area contributed by atoms with E-state index >= 15 is 0 Å². The lowest BCUT2D eigenvalue weighted by molar-refractivity contribution is 0.0954. The Morgan fingerprint density at radius 1 is 1.43 bits per heavy atom. The molecular formula is C14H17ClN4OS. The lowest BCUT2D eigenvalue weighted by Crippen LogP contribution is -2.26. The summed E-state index contributed by atoms with van der Waals surface area (Å²) in [6, 6.07) is 7.24. The number of carbonyl (C=O) groups excluding carboxylic acids is 1. The number of rotatable bonds is 6. The highest BCUT2D eigenvalue weighted by atomic mass is 35.5. The molecule has 0 aliphatic rings. The van der Waals surface area contributed by atoms with Crippen LogP contribution in [0.4, 0.5) is 5.82 Å². The molecule has 2 heterocycles. The van der Waals surface area contributed by atoms with Crippen molar-refractivity contribution in [1.29, 1.82) is 0 Å². The molecule has 0 atom stereocenters. The molecule has 0 aliphatic heterocycles. The number of hydrogen-bond donors (Lipinski definition) is 3. The van der Waals surface area contributed by atoms with E-state index in [2.05, 4.69) is 15.7 Å². The van der Waals surface area contributed by atoms with Crippen LogP contribution in [0.3, 0.4) is 0 Å². The minimum atomic E-state index is -0.133. The second kappa shape index (κ2) is 7.40. The van der Waals surface area contributed by atoms with Gasteiger partial charge in [0.25, 0.3) is 5.91 Å². The Balaban J connectivity index is 1.96. The molecule has 7 heteroatoms. The maximum absolute atomic E-state index is 12.1. The molecule has 0 saturated heterocycles. The molecule has 0 spiro atoms. The monoisotopic (exact) mass is 324 g/mol. The van der Waals surface area contributed by atoms with Crippen molar-refractivity contribution < 1.29 is 4.79 Å². The number of hydrogen-bond acceptors (Lipinski definition) is 5. The largest absolute Gasteiger partial charge is 0.352 e. The predicted molar refractivity (Wildman–Crippen MR) is 86.8 cm³/mol. The van der Waals surface area contributed by atoms with E-state index in [1.807, 2.05) is 19.1 Å². The van der Waals surface area contributed by atoms with E-state index in [0.717, 1.165) is 27.7 Å². The molecule has 1 amide bonds. The fourth-order valence-electron chi connectivity index (χ4n) is 1.86. The van der Waals surface area contributed by atoms with Crippen LogP contribution in [0.25, 0.3) is 0 Å². The number of pyridine rings is 1. The van der Waals surface area contributed by atoms with Crippen molar-refractivity contribution in [2.75, 3.05) is 12.0 Å². The fourth-order valence-corrected chi connectivity index (χ4v) is 2.95. The van der Waals surface area contributed by atoms with Crippen molar-refractivity contribution in [1.82, 2.24) is 10.3 Å². The average Bonchev–Trinajstić information content (AvgIpc) is 2.92. The van der Waals surface area contributed by atoms with Crippen molar-refractivity contribution >= 4 is 34.7 Å². The van der Waals surface area contributed by atoms with Gasteiger partial charge in [-0.25, -0.2) is 10.8 Å². The van der Waals surface area contributed by atoms with E-state index in [0.29, 0.717) is 17.9 Å². The van der Waals surface area contributed by atoms with Crippen molar-refractivity contribution in [3.63, 3.8) is 0 Å². The van der Waals surface area contributed by atoms with Crippen LogP contribution in [-0.4, -0.2) is 17.4 Å². The van der Waals surface area contributed by atoms with Gasteiger partial charge in [0, 0.05) is 22.7 Å². The summed E-state index contributed by atoms with van der Waals surface area (Å²) in [6.45, 7) is 2.54. The van der Waals surface area contributed by atoms with Crippen LogP contribution in [0.2, 0.25) is 4.34 Å². The Morgan fingerprint density at radius 2 is 2.24 bits per heavy atom. The molecule has 4 N–H and O–H groups in total. The Bertz CT molecular complexity index is 607. The van der Waals surface area contributed by atoms with Gasteiger partial charge in [0.05, 0.1) is 4.34 Å². The minimum absolute atomic E-state index is 0.133. The van der Waals surface area contributed by atoms with Crippen molar-refractivity contribution in [3.05, 3.63) is 44.7 Å². The van der Waals surface area contributed by atoms with Crippen molar-refractivity contribution in [3.8, 4) is 0 Å². The molecular weight excluding hydrogens is 308 g/mol. The van der Waals surface area contributed by atoms with Crippen LogP contribution in [0.5, 0.6) is 0 Å². The molecule has 21 heavy (non-hydrogen) atoms. The van der Waals surface area contributed by atoms with Gasteiger partial charge in [-0.05, 0) is 37.1 Å². The summed E-state index contributed by atoms with van der Waals surface area (Å²) < 4.78 is 0.761. The summed E-state index contributed by atoms with van der Waals surface area (Å²) in [5.41, 5.74) is 3.85. The first-order valence-corrected chi connectivity index (χ1v) is 7.81. The number of nitrogen functional groups attached to an aromatic ring is 1. The predicted octanol–water partition coefficient (Wildman–Crippen LogP) is 2.62. The topological polar surface area (TPSA) is 80.0 Å². The lowest BCUT2D eigenvalue weighted by Gasteiger charge is -2.08. The number of nitrogens with one attached hydrogen (secondary N) is 2. The van der Waals surface area contributed by atoms with Gasteiger partial charge in [0.15, 0.2) is 0 Å². The average molecular weight is 325 g/mol. The zero-order valence-electron chi connectivity index (χ0n) is 11.6. The second-order valence-corrected chi connectivity index (χ2v) is 6.24. The molecule has 2 aromatic heterocycles. The summed E-state index contributed by atoms with van der Waals surface area (Å²) >= 11 is 7.39. The molecule has 5 nitrogen and oxygen atoms in total. The van der Waals surface area contributed by atoms with E-state index in [1.54, 1.807) is 12.1 Å². The third-order valence-electron chi connectivity index (χ3n) is 2.94. The van der Waals surface area contributed by atoms with Crippen LogP contribution < -0.4 is 16.6 Å². The summed E-state index contributed by atoms with van der Waals surface area (Å²) in [7, 11) is 0. The number of hydrazine groups is 1. The molecule has 112 valence electrons. The number of halogens is 1. The zero-order valence-corrected chi connectivity index (χ0v) is 13.2. The number of nitrogens with two attached hydrogens (primary N) is 1. The second-order valence-electron chi connectivity index (χ2n) is 4.44. The van der Waals surface area contributed by atoms with Crippen LogP contribution in [0.1, 0.15) is 27.9 Å². The van der Waals surface area contributed by atoms with Gasteiger partial charge in [0.1, 0.15) is 5.82 Å². The normalized spacial score (nSPS) is 10.4. The maximum Gasteiger partial charge on any atom is 0.251 e. The number of amides is 1. The molecule has 0 radical (unpaired) electrons. The van der Waals surface area contributed by atoms with E-state index < -0.39 is 0 Å². The van der Waals surface area contributed by atoms with Gasteiger partial charge in [-0.1, -0.05) is 18.5 Å². The third-order valence-corrected chi connectivity index (χ3v) is 4.23. The number of carbonyl (C=O) groups is 1. The van der Waals surface area contributed by atoms with Crippen molar-refractivity contribution in [2.24, 2.45) is 5.84 Å². The lowest BCUT2D eigenvalue weighted by atomic mass is 10.2. The molecule has 0 unspecified atom stereocenters. The molecule has 0 saturated carbocycles. The standard InChI is InChI=1S/C14H17ClN4OS/c1-2-10-7-9(8-13(18-10)19-16)14(20)17-6-5-11-3-4-12(15)21-11/h3-4,7-8H,2,5-6,16H2,1H3,(H,17,20)(H,18,19). The Morgan fingerprint density at radius 3 is 2.86 bits per heavy atom. The van der Waals surface area contributed by atoms with Crippen LogP contribution in [-0.2, 0) is 12.8 Å². The van der Waals surface area contributed by atoms with Crippen LogP contribution in [0.15, 0.2) is 24.3 Å². The Labute approximate surface area is 132 Å². The van der Waals surface area contributed by atoms with Gasteiger partial charge >= 0.3 is 0 Å². The van der Waals surface area contributed by atoms with E-state index in [-0.39, 0.29) is 5.91 Å². The third kappa shape index (κ3) is 4.42. The Kier molecular flexibility index (Phi) is 5.55. The SMILES string of the molecule is CCc1cc(C(=O)NCCc2ccc(Cl)s2)cc(NN)n1. The summed E-state index contributed by atoms with van der Waals surface area (Å²) in [4.78, 5) is 17.5. The number of thiophene rings is 1. The van der Waals surface area contributed by atoms with E-state index in [4.69, 9.17) is 17.4 Å². The maximum atomic E-state index is 12.1. The molecule has 2 aromatic rings. The highest BCUT2D eigenvalue weighted by Gasteiger charge is 2.09. The number of anilines is 1. The highest BCUT2D eigenvalue weighted by Crippen LogP contribution is 2.21. The van der Waals surface area contributed by atoms with E-state index in [9.17, 15) is 4.79 Å². The van der Waals surface area contributed by atoms with Gasteiger partial charge < -0.3 is 10.7 Å². The smallest absolute Gasteiger partial charge is 0.251 e. The minimum Gasteiger partial charge on any atom is -0.352 e. The highest BCUT2D eigenvalue weighted by molar-refractivity contribution is 7.16. The Hall–Kier alpha value is -1.63. The first kappa shape index (κ1) is 15.8. The van der Waals surface area contributed by atoms with E-state index in [1.165, 1.54) is 11.3 Å². The van der Waals surface area contributed by atoms with Gasteiger partial charge in [-0.15, -0.1) is 11.3 Å². The summed E-state index contributed by atoms with van der Waals surface area (Å²) in [5.74, 6) is 5.72. The van der Waals surface area contributed by atoms with Gasteiger partial charge in [0.2, 0.25) is 0 Å². The van der Waals surface area contributed by atoms with Crippen LogP contribution >= 0.6 is 22.9 Å². The zero-order chi connectivity index (χ0) is 15.2. The molecule has 0 aliphatic carbocycles. The quantitative estimate of drug-likeness (QED) is 0.563. The van der Waals surface area contributed by atoms with Crippen LogP contribution in [0, 0.1) is 0 Å². The van der Waals surface area contributed by atoms with Gasteiger partial charge in [-0.2, -0.15) is 0 Å². The summed E-state index contributed by atoms with van der Waals surface area (Å²) in [5, 5.41) is 2.89. The van der Waals surface area contributed by atoms with Gasteiger partial charge in [-0.3, -0.25) is 4.79 Å². The number of aryl methyl sites for hydroxylation is 1. The molecule has 0 aromatic carbocycles. The molecule has 0 bridgehead atoms.